The van der Waals surface area contributed by atoms with Gasteiger partial charge in [0.15, 0.2) is 5.78 Å². The maximum absolute atomic E-state index is 12.9. The Hall–Kier alpha value is -1.41. The summed E-state index contributed by atoms with van der Waals surface area (Å²) in [5.74, 6) is 1.20. The molecule has 2 nitrogen and oxygen atoms in total. The monoisotopic (exact) mass is 368 g/mol. The average molecular weight is 369 g/mol. The van der Waals surface area contributed by atoms with E-state index < -0.39 is 0 Å². The summed E-state index contributed by atoms with van der Waals surface area (Å²) >= 11 is 0. The van der Waals surface area contributed by atoms with Crippen molar-refractivity contribution in [2.45, 2.75) is 91.1 Å². The second kappa shape index (κ2) is 8.73. The molecule has 27 heavy (non-hydrogen) atoms. The van der Waals surface area contributed by atoms with E-state index in [0.29, 0.717) is 17.6 Å². The largest absolute Gasteiger partial charge is 0.381 e. The van der Waals surface area contributed by atoms with Crippen LogP contribution in [0, 0.1) is 19.8 Å². The number of hydrogen-bond donors (Lipinski definition) is 0. The van der Waals surface area contributed by atoms with Crippen molar-refractivity contribution in [2.75, 3.05) is 7.11 Å². The maximum Gasteiger partial charge on any atom is 0.159 e. The number of ketones is 1. The lowest BCUT2D eigenvalue weighted by molar-refractivity contribution is -0.115. The Kier molecular flexibility index (Phi) is 6.57. The van der Waals surface area contributed by atoms with E-state index in [4.69, 9.17) is 4.74 Å². The smallest absolute Gasteiger partial charge is 0.159 e. The van der Waals surface area contributed by atoms with Gasteiger partial charge in [-0.05, 0) is 73.3 Å². The van der Waals surface area contributed by atoms with Crippen molar-refractivity contribution in [3.63, 3.8) is 0 Å². The number of Topliss-reactive ketones (excluding diaryl/α,β-unsaturated/α-hetero) is 1. The van der Waals surface area contributed by atoms with Crippen LogP contribution in [0.3, 0.4) is 0 Å². The molecular weight excluding hydrogens is 332 g/mol. The summed E-state index contributed by atoms with van der Waals surface area (Å²) in [6.07, 6.45) is 8.75. The number of rotatable bonds is 8. The molecule has 3 rings (SSSR count). The van der Waals surface area contributed by atoms with Gasteiger partial charge in [-0.25, -0.2) is 0 Å². The van der Waals surface area contributed by atoms with Crippen LogP contribution in [0.4, 0.5) is 0 Å². The van der Waals surface area contributed by atoms with E-state index in [1.54, 1.807) is 0 Å². The number of carbonyl (C=O) groups excluding carboxylic acids is 1. The molecule has 0 radical (unpaired) electrons. The lowest BCUT2D eigenvalue weighted by Gasteiger charge is -2.33. The fourth-order valence-electron chi connectivity index (χ4n) is 5.42. The van der Waals surface area contributed by atoms with Crippen LogP contribution in [0.15, 0.2) is 23.3 Å². The third-order valence-corrected chi connectivity index (χ3v) is 6.90. The Bertz CT molecular complexity index is 728. The minimum atomic E-state index is 0.284. The molecule has 0 saturated carbocycles. The molecule has 2 aliphatic rings. The van der Waals surface area contributed by atoms with Gasteiger partial charge in [0.05, 0.1) is 6.10 Å². The lowest BCUT2D eigenvalue weighted by atomic mass is 9.71. The van der Waals surface area contributed by atoms with Crippen LogP contribution in [0.5, 0.6) is 0 Å². The third-order valence-electron chi connectivity index (χ3n) is 6.90. The Morgan fingerprint density at radius 1 is 1.11 bits per heavy atom. The molecule has 0 N–H and O–H groups in total. The van der Waals surface area contributed by atoms with Crippen LogP contribution in [0.25, 0.3) is 0 Å². The van der Waals surface area contributed by atoms with Crippen LogP contribution >= 0.6 is 0 Å². The van der Waals surface area contributed by atoms with Crippen molar-refractivity contribution >= 4 is 5.78 Å². The molecule has 0 bridgehead atoms. The van der Waals surface area contributed by atoms with Crippen molar-refractivity contribution < 1.29 is 9.53 Å². The van der Waals surface area contributed by atoms with Crippen molar-refractivity contribution in [1.82, 2.24) is 0 Å². The van der Waals surface area contributed by atoms with Gasteiger partial charge >= 0.3 is 0 Å². The van der Waals surface area contributed by atoms with Crippen LogP contribution in [-0.4, -0.2) is 19.0 Å². The summed E-state index contributed by atoms with van der Waals surface area (Å²) in [6, 6.07) is 4.49. The molecule has 0 aliphatic heterocycles. The van der Waals surface area contributed by atoms with Gasteiger partial charge in [0.25, 0.3) is 0 Å². The summed E-state index contributed by atoms with van der Waals surface area (Å²) in [5.41, 5.74) is 8.33. The first kappa shape index (κ1) is 20.3. The van der Waals surface area contributed by atoms with Gasteiger partial charge in [-0.1, -0.05) is 50.8 Å². The molecule has 2 aliphatic carbocycles. The van der Waals surface area contributed by atoms with E-state index >= 15 is 0 Å². The molecule has 0 saturated heterocycles. The fraction of sp³-hybridized carbons (Fsp3) is 0.640. The zero-order valence-corrected chi connectivity index (χ0v) is 17.9. The van der Waals surface area contributed by atoms with Gasteiger partial charge in [0.2, 0.25) is 0 Å². The number of allylic oxidation sites excluding steroid dienone is 2. The van der Waals surface area contributed by atoms with E-state index in [1.165, 1.54) is 47.1 Å². The Balaban J connectivity index is 1.82. The van der Waals surface area contributed by atoms with Gasteiger partial charge in [0, 0.05) is 19.4 Å². The SMILES string of the molecule is CCCCC[C@@H](CCC1=C2C(CC1=O)Cc1c(C)ccc(C)c1C2C)OC. The molecule has 1 aromatic carbocycles. The van der Waals surface area contributed by atoms with Crippen molar-refractivity contribution in [1.29, 1.82) is 0 Å². The van der Waals surface area contributed by atoms with Crippen LogP contribution in [0.1, 0.15) is 87.0 Å². The number of carbonyl (C=O) groups is 1. The van der Waals surface area contributed by atoms with E-state index in [2.05, 4.69) is 39.8 Å². The number of methoxy groups -OCH3 is 1. The highest BCUT2D eigenvalue weighted by molar-refractivity contribution is 5.99. The lowest BCUT2D eigenvalue weighted by Crippen LogP contribution is -2.21. The summed E-state index contributed by atoms with van der Waals surface area (Å²) in [6.45, 7) is 9.00. The fourth-order valence-corrected chi connectivity index (χ4v) is 5.42. The summed E-state index contributed by atoms with van der Waals surface area (Å²) in [5, 5.41) is 0. The zero-order chi connectivity index (χ0) is 19.6. The number of benzene rings is 1. The molecule has 0 amide bonds. The number of hydrogen-bond acceptors (Lipinski definition) is 2. The molecule has 148 valence electrons. The minimum Gasteiger partial charge on any atom is -0.381 e. The van der Waals surface area contributed by atoms with E-state index in [9.17, 15) is 4.79 Å². The highest BCUT2D eigenvalue weighted by Crippen LogP contribution is 2.49. The van der Waals surface area contributed by atoms with Gasteiger partial charge in [0.1, 0.15) is 0 Å². The Morgan fingerprint density at radius 3 is 2.56 bits per heavy atom. The highest BCUT2D eigenvalue weighted by atomic mass is 16.5. The molecule has 1 aromatic rings. The number of fused-ring (bicyclic) bond motifs is 2. The summed E-state index contributed by atoms with van der Waals surface area (Å²) in [4.78, 5) is 12.9. The Morgan fingerprint density at radius 2 is 1.85 bits per heavy atom. The first-order valence-electron chi connectivity index (χ1n) is 10.9. The molecule has 3 atom stereocenters. The third kappa shape index (κ3) is 4.06. The zero-order valence-electron chi connectivity index (χ0n) is 17.9. The number of ether oxygens (including phenoxy) is 1. The van der Waals surface area contributed by atoms with Crippen molar-refractivity contribution in [3.05, 3.63) is 45.5 Å². The average Bonchev–Trinajstić information content (AvgIpc) is 2.97. The van der Waals surface area contributed by atoms with Crippen molar-refractivity contribution in [2.24, 2.45) is 5.92 Å². The van der Waals surface area contributed by atoms with Crippen LogP contribution in [0.2, 0.25) is 0 Å². The first-order chi connectivity index (χ1) is 13.0. The summed E-state index contributed by atoms with van der Waals surface area (Å²) < 4.78 is 5.71. The van der Waals surface area contributed by atoms with E-state index in [1.807, 2.05) is 7.11 Å². The molecule has 2 heteroatoms. The first-order valence-corrected chi connectivity index (χ1v) is 10.9. The minimum absolute atomic E-state index is 0.284. The molecule has 2 unspecified atom stereocenters. The molecule has 0 heterocycles. The maximum atomic E-state index is 12.9. The van der Waals surface area contributed by atoms with Gasteiger partial charge in [-0.15, -0.1) is 0 Å². The van der Waals surface area contributed by atoms with Gasteiger partial charge in [-0.2, -0.15) is 0 Å². The predicted molar refractivity (Wildman–Crippen MR) is 112 cm³/mol. The standard InChI is InChI=1S/C25H36O2/c1-6-7-8-9-20(27-5)12-13-21-23(26)15-19-14-22-16(2)10-11-17(3)24(22)18(4)25(19)21/h10-11,18-20H,6-9,12-15H2,1-5H3/t18?,19?,20-/m0/s1. The van der Waals surface area contributed by atoms with Gasteiger partial charge in [-0.3, -0.25) is 4.79 Å². The highest BCUT2D eigenvalue weighted by Gasteiger charge is 2.39. The van der Waals surface area contributed by atoms with E-state index in [-0.39, 0.29) is 6.10 Å². The topological polar surface area (TPSA) is 26.3 Å². The Labute approximate surface area is 165 Å². The summed E-state index contributed by atoms with van der Waals surface area (Å²) in [7, 11) is 1.82. The normalized spacial score (nSPS) is 22.8. The van der Waals surface area contributed by atoms with E-state index in [0.717, 1.165) is 37.7 Å². The predicted octanol–water partition coefficient (Wildman–Crippen LogP) is 6.22. The molecular formula is C25H36O2. The second-order valence-electron chi connectivity index (χ2n) is 8.67. The number of unbranched alkanes of at least 4 members (excludes halogenated alkanes) is 2. The molecule has 0 spiro atoms. The number of aryl methyl sites for hydroxylation is 2. The second-order valence-corrected chi connectivity index (χ2v) is 8.67. The molecule has 0 aromatic heterocycles. The van der Waals surface area contributed by atoms with Crippen molar-refractivity contribution in [3.8, 4) is 0 Å². The quantitative estimate of drug-likeness (QED) is 0.509. The molecule has 0 fully saturated rings. The van der Waals surface area contributed by atoms with Crippen LogP contribution < -0.4 is 0 Å². The van der Waals surface area contributed by atoms with Crippen LogP contribution in [-0.2, 0) is 16.0 Å². The van der Waals surface area contributed by atoms with Gasteiger partial charge < -0.3 is 4.74 Å².